The van der Waals surface area contributed by atoms with Gasteiger partial charge in [-0.3, -0.25) is 9.59 Å². The maximum atomic E-state index is 12.0. The van der Waals surface area contributed by atoms with Crippen LogP contribution in [0.3, 0.4) is 0 Å². The molecular formula is C14H21N3O4. The maximum Gasteiger partial charge on any atom is 0.352 e. The number of nitrogens with one attached hydrogen (secondary N) is 1. The van der Waals surface area contributed by atoms with Gasteiger partial charge in [0.15, 0.2) is 0 Å². The van der Waals surface area contributed by atoms with Gasteiger partial charge < -0.3 is 19.9 Å². The molecule has 0 spiro atoms. The lowest BCUT2D eigenvalue weighted by molar-refractivity contribution is -0.135. The molecule has 0 bridgehead atoms. The first kappa shape index (κ1) is 16.7. The lowest BCUT2D eigenvalue weighted by Crippen LogP contribution is -2.40. The zero-order valence-electron chi connectivity index (χ0n) is 12.5. The fraction of sp³-hybridized carbons (Fsp3) is 0.500. The first-order valence-electron chi connectivity index (χ1n) is 6.70. The lowest BCUT2D eigenvalue weighted by atomic mass is 10.2. The Kier molecular flexibility index (Phi) is 5.95. The summed E-state index contributed by atoms with van der Waals surface area (Å²) in [7, 11) is 1.52. The van der Waals surface area contributed by atoms with Gasteiger partial charge in [-0.25, -0.2) is 4.79 Å². The van der Waals surface area contributed by atoms with Crippen molar-refractivity contribution in [1.29, 1.82) is 0 Å². The van der Waals surface area contributed by atoms with Crippen LogP contribution in [0.25, 0.3) is 0 Å². The molecule has 116 valence electrons. The number of rotatable bonds is 7. The van der Waals surface area contributed by atoms with E-state index in [1.807, 2.05) is 13.8 Å². The number of amides is 2. The van der Waals surface area contributed by atoms with E-state index in [1.165, 1.54) is 28.8 Å². The average molecular weight is 295 g/mol. The van der Waals surface area contributed by atoms with E-state index in [1.54, 1.807) is 6.07 Å². The Hall–Kier alpha value is -2.31. The van der Waals surface area contributed by atoms with Crippen molar-refractivity contribution in [2.24, 2.45) is 5.92 Å². The number of aromatic carboxylic acids is 1. The summed E-state index contributed by atoms with van der Waals surface area (Å²) in [4.78, 5) is 35.9. The molecule has 0 radical (unpaired) electrons. The molecule has 0 aliphatic carbocycles. The van der Waals surface area contributed by atoms with Gasteiger partial charge in [0, 0.05) is 19.8 Å². The Balaban J connectivity index is 2.53. The Morgan fingerprint density at radius 3 is 2.62 bits per heavy atom. The molecule has 1 aromatic heterocycles. The van der Waals surface area contributed by atoms with E-state index in [2.05, 4.69) is 5.32 Å². The SMILES string of the molecule is CC(C)CNC(=O)CN(C)C(=O)Cn1cccc1C(=O)O. The molecule has 7 nitrogen and oxygen atoms in total. The molecule has 0 aliphatic rings. The van der Waals surface area contributed by atoms with E-state index in [4.69, 9.17) is 5.11 Å². The van der Waals surface area contributed by atoms with Gasteiger partial charge in [0.1, 0.15) is 12.2 Å². The zero-order valence-corrected chi connectivity index (χ0v) is 12.5. The van der Waals surface area contributed by atoms with E-state index < -0.39 is 5.97 Å². The second kappa shape index (κ2) is 7.47. The van der Waals surface area contributed by atoms with Crippen LogP contribution in [0.5, 0.6) is 0 Å². The van der Waals surface area contributed by atoms with Gasteiger partial charge in [-0.15, -0.1) is 0 Å². The predicted molar refractivity (Wildman–Crippen MR) is 76.9 cm³/mol. The predicted octanol–water partition coefficient (Wildman–Crippen LogP) is 0.417. The molecule has 0 saturated carbocycles. The molecule has 1 rings (SSSR count). The van der Waals surface area contributed by atoms with Crippen LogP contribution in [0.2, 0.25) is 0 Å². The highest BCUT2D eigenvalue weighted by molar-refractivity contribution is 5.88. The normalized spacial score (nSPS) is 10.5. The smallest absolute Gasteiger partial charge is 0.352 e. The highest BCUT2D eigenvalue weighted by Gasteiger charge is 2.16. The van der Waals surface area contributed by atoms with Gasteiger partial charge in [-0.05, 0) is 18.1 Å². The Bertz CT molecular complexity index is 522. The molecular weight excluding hydrogens is 274 g/mol. The number of likely N-dealkylation sites (N-methyl/N-ethyl adjacent to an activating group) is 1. The minimum absolute atomic E-state index is 0.0426. The van der Waals surface area contributed by atoms with Gasteiger partial charge >= 0.3 is 5.97 Å². The van der Waals surface area contributed by atoms with E-state index >= 15 is 0 Å². The first-order chi connectivity index (χ1) is 9.81. The van der Waals surface area contributed by atoms with Crippen molar-refractivity contribution in [3.63, 3.8) is 0 Å². The molecule has 0 fully saturated rings. The van der Waals surface area contributed by atoms with Gasteiger partial charge in [0.05, 0.1) is 6.54 Å². The summed E-state index contributed by atoms with van der Waals surface area (Å²) >= 11 is 0. The minimum atomic E-state index is -1.09. The second-order valence-electron chi connectivity index (χ2n) is 5.27. The molecule has 7 heteroatoms. The summed E-state index contributed by atoms with van der Waals surface area (Å²) in [5.74, 6) is -1.31. The molecule has 21 heavy (non-hydrogen) atoms. The third-order valence-corrected chi connectivity index (χ3v) is 2.87. The lowest BCUT2D eigenvalue weighted by Gasteiger charge is -2.18. The van der Waals surface area contributed by atoms with Crippen molar-refractivity contribution in [3.8, 4) is 0 Å². The standard InChI is InChI=1S/C14H21N3O4/c1-10(2)7-15-12(18)8-16(3)13(19)9-17-6-4-5-11(17)14(20)21/h4-6,10H,7-9H2,1-3H3,(H,15,18)(H,20,21). The fourth-order valence-corrected chi connectivity index (χ4v) is 1.69. The van der Waals surface area contributed by atoms with Crippen LogP contribution in [-0.4, -0.2) is 52.5 Å². The van der Waals surface area contributed by atoms with E-state index in [9.17, 15) is 14.4 Å². The third kappa shape index (κ3) is 5.29. The largest absolute Gasteiger partial charge is 0.477 e. The molecule has 0 saturated heterocycles. The number of hydrogen-bond acceptors (Lipinski definition) is 3. The van der Waals surface area contributed by atoms with Crippen LogP contribution in [0, 0.1) is 5.92 Å². The van der Waals surface area contributed by atoms with Gasteiger partial charge in [0.2, 0.25) is 11.8 Å². The van der Waals surface area contributed by atoms with Crippen LogP contribution in [-0.2, 0) is 16.1 Å². The van der Waals surface area contributed by atoms with Gasteiger partial charge in [0.25, 0.3) is 0 Å². The van der Waals surface area contributed by atoms with Gasteiger partial charge in [-0.2, -0.15) is 0 Å². The Labute approximate surface area is 123 Å². The van der Waals surface area contributed by atoms with E-state index in [0.29, 0.717) is 12.5 Å². The molecule has 0 unspecified atom stereocenters. The molecule has 2 N–H and O–H groups in total. The second-order valence-corrected chi connectivity index (χ2v) is 5.27. The average Bonchev–Trinajstić information content (AvgIpc) is 2.84. The van der Waals surface area contributed by atoms with Crippen molar-refractivity contribution in [3.05, 3.63) is 24.0 Å². The number of nitrogens with zero attached hydrogens (tertiary/aromatic N) is 2. The van der Waals surface area contributed by atoms with E-state index in [0.717, 1.165) is 0 Å². The van der Waals surface area contributed by atoms with Crippen LogP contribution in [0.15, 0.2) is 18.3 Å². The molecule has 0 aliphatic heterocycles. The Morgan fingerprint density at radius 2 is 2.05 bits per heavy atom. The number of carboxylic acids is 1. The van der Waals surface area contributed by atoms with Crippen LogP contribution in [0.1, 0.15) is 24.3 Å². The summed E-state index contributed by atoms with van der Waals surface area (Å²) in [6.07, 6.45) is 1.52. The highest BCUT2D eigenvalue weighted by Crippen LogP contribution is 2.03. The third-order valence-electron chi connectivity index (χ3n) is 2.87. The minimum Gasteiger partial charge on any atom is -0.477 e. The highest BCUT2D eigenvalue weighted by atomic mass is 16.4. The summed E-state index contributed by atoms with van der Waals surface area (Å²) in [6.45, 7) is 4.36. The zero-order chi connectivity index (χ0) is 16.0. The Morgan fingerprint density at radius 1 is 1.38 bits per heavy atom. The number of carboxylic acid groups (broad SMARTS) is 1. The fourth-order valence-electron chi connectivity index (χ4n) is 1.69. The van der Waals surface area contributed by atoms with Gasteiger partial charge in [-0.1, -0.05) is 13.8 Å². The molecule has 1 heterocycles. The molecule has 0 aromatic carbocycles. The van der Waals surface area contributed by atoms with Crippen molar-refractivity contribution in [2.45, 2.75) is 20.4 Å². The van der Waals surface area contributed by atoms with Crippen molar-refractivity contribution in [1.82, 2.24) is 14.8 Å². The topological polar surface area (TPSA) is 91.6 Å². The van der Waals surface area contributed by atoms with Crippen LogP contribution in [0.4, 0.5) is 0 Å². The summed E-state index contributed by atoms with van der Waals surface area (Å²) in [6, 6.07) is 2.98. The van der Waals surface area contributed by atoms with Crippen LogP contribution >= 0.6 is 0 Å². The maximum absolute atomic E-state index is 12.0. The quantitative estimate of drug-likeness (QED) is 0.762. The summed E-state index contributed by atoms with van der Waals surface area (Å²) in [5, 5.41) is 11.7. The summed E-state index contributed by atoms with van der Waals surface area (Å²) < 4.78 is 1.34. The first-order valence-corrected chi connectivity index (χ1v) is 6.70. The monoisotopic (exact) mass is 295 g/mol. The van der Waals surface area contributed by atoms with Crippen molar-refractivity contribution in [2.75, 3.05) is 20.1 Å². The number of hydrogen-bond donors (Lipinski definition) is 2. The molecule has 2 amide bonds. The number of carbonyl (C=O) groups excluding carboxylic acids is 2. The molecule has 1 aromatic rings. The van der Waals surface area contributed by atoms with Crippen molar-refractivity contribution >= 4 is 17.8 Å². The molecule has 0 atom stereocenters. The van der Waals surface area contributed by atoms with Crippen molar-refractivity contribution < 1.29 is 19.5 Å². The van der Waals surface area contributed by atoms with Crippen LogP contribution < -0.4 is 5.32 Å². The van der Waals surface area contributed by atoms with E-state index in [-0.39, 0.29) is 30.6 Å². The number of carbonyl (C=O) groups is 3. The summed E-state index contributed by atoms with van der Waals surface area (Å²) in [5.41, 5.74) is 0.0426. The number of aromatic nitrogens is 1.